The molecule has 0 radical (unpaired) electrons. The molecule has 1 N–H and O–H groups in total. The van der Waals surface area contributed by atoms with Crippen LogP contribution in [0.3, 0.4) is 0 Å². The highest BCUT2D eigenvalue weighted by molar-refractivity contribution is 9.10. The number of hydrogen-bond donors (Lipinski definition) is 1. The molecule has 0 aliphatic carbocycles. The summed E-state index contributed by atoms with van der Waals surface area (Å²) in [5, 5.41) is 9.94. The number of para-hydroxylation sites is 1. The molecule has 3 aromatic carbocycles. The number of carbonyl (C=O) groups is 1. The summed E-state index contributed by atoms with van der Waals surface area (Å²) in [6.45, 7) is 1.92. The second kappa shape index (κ2) is 9.59. The molecular weight excluding hydrogens is 532 g/mol. The van der Waals surface area contributed by atoms with E-state index in [0.717, 1.165) is 21.4 Å². The van der Waals surface area contributed by atoms with Crippen molar-refractivity contribution in [2.45, 2.75) is 13.5 Å². The Kier molecular flexibility index (Phi) is 6.79. The Morgan fingerprint density at radius 2 is 1.82 bits per heavy atom. The standard InChI is InChI=1S/C25H17BrCl2FNO3/c1-14-6-8-23(30(14)22-5-3-2-4-17(22)25(31)32)18-11-16(26)7-9-24(18)33-13-15-10-21(29)20(28)12-19(15)27/h2-12H,13H2,1H3,(H,31,32). The second-order valence-electron chi connectivity index (χ2n) is 7.30. The van der Waals surface area contributed by atoms with E-state index in [9.17, 15) is 14.3 Å². The molecule has 8 heteroatoms. The van der Waals surface area contributed by atoms with Gasteiger partial charge in [-0.2, -0.15) is 0 Å². The fraction of sp³-hybridized carbons (Fsp3) is 0.0800. The average Bonchev–Trinajstić information content (AvgIpc) is 3.17. The van der Waals surface area contributed by atoms with Crippen LogP contribution < -0.4 is 4.74 Å². The Balaban J connectivity index is 1.79. The Morgan fingerprint density at radius 1 is 1.06 bits per heavy atom. The zero-order valence-electron chi connectivity index (χ0n) is 17.3. The number of hydrogen-bond acceptors (Lipinski definition) is 2. The Labute approximate surface area is 208 Å². The van der Waals surface area contributed by atoms with Crippen molar-refractivity contribution in [2.24, 2.45) is 0 Å². The summed E-state index contributed by atoms with van der Waals surface area (Å²) in [4.78, 5) is 11.8. The fourth-order valence-corrected chi connectivity index (χ4v) is 4.37. The molecule has 0 atom stereocenters. The van der Waals surface area contributed by atoms with Crippen molar-refractivity contribution in [3.8, 4) is 22.7 Å². The first kappa shape index (κ1) is 23.4. The first-order chi connectivity index (χ1) is 15.8. The molecule has 1 aromatic heterocycles. The highest BCUT2D eigenvalue weighted by Gasteiger charge is 2.19. The largest absolute Gasteiger partial charge is 0.488 e. The van der Waals surface area contributed by atoms with Crippen LogP contribution in [0.2, 0.25) is 10.0 Å². The normalized spacial score (nSPS) is 10.9. The molecule has 4 rings (SSSR count). The van der Waals surface area contributed by atoms with Crippen molar-refractivity contribution in [3.63, 3.8) is 0 Å². The van der Waals surface area contributed by atoms with Gasteiger partial charge in [-0.3, -0.25) is 0 Å². The van der Waals surface area contributed by atoms with Gasteiger partial charge < -0.3 is 14.4 Å². The molecule has 1 heterocycles. The van der Waals surface area contributed by atoms with Crippen LogP contribution in [-0.2, 0) is 6.61 Å². The predicted molar refractivity (Wildman–Crippen MR) is 131 cm³/mol. The zero-order valence-corrected chi connectivity index (χ0v) is 20.4. The maximum Gasteiger partial charge on any atom is 0.337 e. The maximum atomic E-state index is 13.9. The minimum absolute atomic E-state index is 0.0208. The second-order valence-corrected chi connectivity index (χ2v) is 9.03. The fourth-order valence-electron chi connectivity index (χ4n) is 3.58. The summed E-state index contributed by atoms with van der Waals surface area (Å²) < 4.78 is 22.7. The summed E-state index contributed by atoms with van der Waals surface area (Å²) in [5.74, 6) is -1.07. The highest BCUT2D eigenvalue weighted by Crippen LogP contribution is 2.37. The maximum absolute atomic E-state index is 13.9. The number of aryl methyl sites for hydroxylation is 1. The van der Waals surface area contributed by atoms with Crippen molar-refractivity contribution >= 4 is 45.1 Å². The first-order valence-corrected chi connectivity index (χ1v) is 11.4. The van der Waals surface area contributed by atoms with Gasteiger partial charge in [-0.15, -0.1) is 0 Å². The van der Waals surface area contributed by atoms with Crippen molar-refractivity contribution in [3.05, 3.63) is 104 Å². The molecule has 0 aliphatic heterocycles. The lowest BCUT2D eigenvalue weighted by Crippen LogP contribution is -2.08. The van der Waals surface area contributed by atoms with Gasteiger partial charge in [0.25, 0.3) is 0 Å². The molecule has 33 heavy (non-hydrogen) atoms. The van der Waals surface area contributed by atoms with Crippen LogP contribution in [0.1, 0.15) is 21.6 Å². The minimum Gasteiger partial charge on any atom is -0.488 e. The lowest BCUT2D eigenvalue weighted by atomic mass is 10.1. The molecule has 4 aromatic rings. The van der Waals surface area contributed by atoms with E-state index in [2.05, 4.69) is 15.9 Å². The number of halogens is 4. The van der Waals surface area contributed by atoms with E-state index in [1.54, 1.807) is 30.3 Å². The SMILES string of the molecule is Cc1ccc(-c2cc(Br)ccc2OCc2cc(F)c(Cl)cc2Cl)n1-c1ccccc1C(=O)O. The van der Waals surface area contributed by atoms with Crippen LogP contribution in [0.15, 0.2) is 71.2 Å². The third-order valence-corrected chi connectivity index (χ3v) is 6.28. The van der Waals surface area contributed by atoms with Gasteiger partial charge in [0.05, 0.1) is 22.0 Å². The van der Waals surface area contributed by atoms with Gasteiger partial charge in [0, 0.05) is 26.3 Å². The molecule has 0 spiro atoms. The summed E-state index contributed by atoms with van der Waals surface area (Å²) in [7, 11) is 0. The van der Waals surface area contributed by atoms with Crippen molar-refractivity contribution < 1.29 is 19.0 Å². The monoisotopic (exact) mass is 547 g/mol. The predicted octanol–water partition coefficient (Wildman–Crippen LogP) is 7.94. The molecule has 168 valence electrons. The highest BCUT2D eigenvalue weighted by atomic mass is 79.9. The first-order valence-electron chi connectivity index (χ1n) is 9.83. The van der Waals surface area contributed by atoms with Gasteiger partial charge in [0.15, 0.2) is 0 Å². The van der Waals surface area contributed by atoms with Crippen LogP contribution in [0.25, 0.3) is 16.9 Å². The lowest BCUT2D eigenvalue weighted by Gasteiger charge is -2.18. The number of carboxylic acid groups (broad SMARTS) is 1. The molecule has 0 aliphatic rings. The molecule has 0 unspecified atom stereocenters. The summed E-state index contributed by atoms with van der Waals surface area (Å²) >= 11 is 15.5. The minimum atomic E-state index is -1.02. The van der Waals surface area contributed by atoms with E-state index in [0.29, 0.717) is 22.0 Å². The van der Waals surface area contributed by atoms with Gasteiger partial charge in [-0.05, 0) is 61.5 Å². The van der Waals surface area contributed by atoms with Crippen molar-refractivity contribution in [2.75, 3.05) is 0 Å². The number of nitrogens with zero attached hydrogens (tertiary/aromatic N) is 1. The summed E-state index contributed by atoms with van der Waals surface area (Å²) in [5.41, 5.74) is 3.49. The van der Waals surface area contributed by atoms with Gasteiger partial charge in [0.1, 0.15) is 18.2 Å². The molecule has 0 saturated heterocycles. The van der Waals surface area contributed by atoms with Crippen LogP contribution in [0.4, 0.5) is 4.39 Å². The number of aromatic nitrogens is 1. The summed E-state index contributed by atoms with van der Waals surface area (Å²) in [6, 6.07) is 18.7. The molecule has 0 bridgehead atoms. The van der Waals surface area contributed by atoms with E-state index in [1.165, 1.54) is 12.1 Å². The number of aromatic carboxylic acids is 1. The summed E-state index contributed by atoms with van der Waals surface area (Å²) in [6.07, 6.45) is 0. The lowest BCUT2D eigenvalue weighted by molar-refractivity contribution is 0.0697. The third kappa shape index (κ3) is 4.78. The van der Waals surface area contributed by atoms with E-state index in [4.69, 9.17) is 27.9 Å². The quantitative estimate of drug-likeness (QED) is 0.249. The van der Waals surface area contributed by atoms with Crippen molar-refractivity contribution in [1.29, 1.82) is 0 Å². The van der Waals surface area contributed by atoms with Gasteiger partial charge in [0.2, 0.25) is 0 Å². The smallest absolute Gasteiger partial charge is 0.337 e. The Hall–Kier alpha value is -2.80. The zero-order chi connectivity index (χ0) is 23.7. The Bertz CT molecular complexity index is 1370. The van der Waals surface area contributed by atoms with Crippen LogP contribution in [-0.4, -0.2) is 15.6 Å². The molecule has 0 saturated carbocycles. The number of rotatable bonds is 6. The molecular formula is C25H17BrCl2FNO3. The van der Waals surface area contributed by atoms with E-state index in [1.807, 2.05) is 35.8 Å². The third-order valence-electron chi connectivity index (χ3n) is 5.14. The molecule has 4 nitrogen and oxygen atoms in total. The van der Waals surface area contributed by atoms with Crippen LogP contribution in [0, 0.1) is 12.7 Å². The number of benzene rings is 3. The van der Waals surface area contributed by atoms with Gasteiger partial charge >= 0.3 is 5.97 Å². The number of carboxylic acids is 1. The Morgan fingerprint density at radius 3 is 2.58 bits per heavy atom. The topological polar surface area (TPSA) is 51.5 Å². The van der Waals surface area contributed by atoms with Crippen molar-refractivity contribution in [1.82, 2.24) is 4.57 Å². The van der Waals surface area contributed by atoms with Gasteiger partial charge in [-0.25, -0.2) is 9.18 Å². The van der Waals surface area contributed by atoms with E-state index < -0.39 is 11.8 Å². The number of ether oxygens (including phenoxy) is 1. The van der Waals surface area contributed by atoms with Crippen LogP contribution >= 0.6 is 39.1 Å². The average molecular weight is 549 g/mol. The molecule has 0 fully saturated rings. The molecule has 0 amide bonds. The van der Waals surface area contributed by atoms with Crippen LogP contribution in [0.5, 0.6) is 5.75 Å². The van der Waals surface area contributed by atoms with E-state index in [-0.39, 0.29) is 17.2 Å². The van der Waals surface area contributed by atoms with E-state index >= 15 is 0 Å². The van der Waals surface area contributed by atoms with Gasteiger partial charge in [-0.1, -0.05) is 51.3 Å².